The second kappa shape index (κ2) is 6.52. The van der Waals surface area contributed by atoms with Gasteiger partial charge in [0.1, 0.15) is 5.52 Å². The molecule has 0 fully saturated rings. The van der Waals surface area contributed by atoms with Crippen molar-refractivity contribution in [2.24, 2.45) is 0 Å². The van der Waals surface area contributed by atoms with E-state index < -0.39 is 0 Å². The summed E-state index contributed by atoms with van der Waals surface area (Å²) in [5, 5.41) is 10.4. The first kappa shape index (κ1) is 12.1. The quantitative estimate of drug-likeness (QED) is 0.795. The first-order chi connectivity index (χ1) is 7.29. The van der Waals surface area contributed by atoms with Gasteiger partial charge in [-0.25, -0.2) is 0 Å². The van der Waals surface area contributed by atoms with Gasteiger partial charge in [0.15, 0.2) is 0 Å². The average Bonchev–Trinajstić information content (AvgIpc) is 2.69. The number of nitrogens with zero attached hydrogens (tertiary/aromatic N) is 2. The molecule has 1 unspecified atom stereocenters. The zero-order valence-electron chi connectivity index (χ0n) is 9.33. The van der Waals surface area contributed by atoms with E-state index in [9.17, 15) is 0 Å². The minimum absolute atomic E-state index is 0.961. The van der Waals surface area contributed by atoms with Gasteiger partial charge >= 0.3 is 0 Å². The monoisotopic (exact) mass is 223 g/mol. The highest BCUT2D eigenvalue weighted by atomic mass is 31.0. The lowest BCUT2D eigenvalue weighted by atomic mass is 10.2. The van der Waals surface area contributed by atoms with Crippen LogP contribution in [0.5, 0.6) is 0 Å². The predicted molar refractivity (Wildman–Crippen MR) is 68.1 cm³/mol. The Labute approximate surface area is 92.9 Å². The number of benzene rings is 1. The van der Waals surface area contributed by atoms with Gasteiger partial charge in [-0.2, -0.15) is 0 Å². The molecule has 15 heavy (non-hydrogen) atoms. The molecule has 0 saturated carbocycles. The van der Waals surface area contributed by atoms with Gasteiger partial charge in [0, 0.05) is 0 Å². The molecule has 0 bridgehead atoms. The molecular weight excluding hydrogens is 205 g/mol. The predicted octanol–water partition coefficient (Wildman–Crippen LogP) is 2.93. The summed E-state index contributed by atoms with van der Waals surface area (Å²) in [6.07, 6.45) is 3.94. The van der Waals surface area contributed by atoms with Crippen molar-refractivity contribution >= 4 is 20.3 Å². The highest BCUT2D eigenvalue weighted by molar-refractivity contribution is 7.16. The maximum atomic E-state index is 3.91. The molecule has 2 aromatic rings. The van der Waals surface area contributed by atoms with Crippen LogP contribution in [0.3, 0.4) is 0 Å². The second-order valence-corrected chi connectivity index (χ2v) is 4.00. The van der Waals surface area contributed by atoms with E-state index in [2.05, 4.69) is 31.6 Å². The topological polar surface area (TPSA) is 41.6 Å². The molecule has 1 heterocycles. The largest absolute Gasteiger partial charge is 0.258 e. The van der Waals surface area contributed by atoms with Crippen molar-refractivity contribution in [1.29, 1.82) is 0 Å². The van der Waals surface area contributed by atoms with Gasteiger partial charge in [0.2, 0.25) is 0 Å². The third-order valence-electron chi connectivity index (χ3n) is 2.12. The molecule has 0 radical (unpaired) electrons. The summed E-state index contributed by atoms with van der Waals surface area (Å²) in [5.74, 6) is 0. The molecular formula is C11H18N3P. The zero-order chi connectivity index (χ0) is 11.1. The van der Waals surface area contributed by atoms with Crippen LogP contribution in [0.4, 0.5) is 0 Å². The van der Waals surface area contributed by atoms with E-state index in [0.717, 1.165) is 16.6 Å². The van der Waals surface area contributed by atoms with Crippen LogP contribution in [-0.2, 0) is 0 Å². The lowest BCUT2D eigenvalue weighted by Crippen LogP contribution is -1.73. The van der Waals surface area contributed by atoms with Gasteiger partial charge in [-0.05, 0) is 24.7 Å². The highest BCUT2D eigenvalue weighted by Gasteiger charge is 1.96. The molecule has 3 nitrogen and oxygen atoms in total. The fourth-order valence-electron chi connectivity index (χ4n) is 1.21. The minimum atomic E-state index is 0.961. The summed E-state index contributed by atoms with van der Waals surface area (Å²) in [4.78, 5) is 0. The van der Waals surface area contributed by atoms with Crippen molar-refractivity contribution in [1.82, 2.24) is 15.4 Å². The van der Waals surface area contributed by atoms with Crippen LogP contribution in [0.2, 0.25) is 0 Å². The average molecular weight is 223 g/mol. The third-order valence-corrected chi connectivity index (χ3v) is 2.52. The number of H-pyrrole nitrogens is 1. The molecule has 0 amide bonds. The molecule has 0 spiro atoms. The summed E-state index contributed by atoms with van der Waals surface area (Å²) < 4.78 is 0. The standard InChI is InChI=1S/C7H7N3.C4H11P/c1-5-3-2-4-6-7(5)9-10-8-6;1-2-3-4-5/h2-4H,1H3,(H,8,9,10);2-5H2,1H3. The number of hydrogen-bond donors (Lipinski definition) is 1. The Bertz CT molecular complexity index is 395. The van der Waals surface area contributed by atoms with E-state index in [1.54, 1.807) is 0 Å². The molecule has 2 rings (SSSR count). The second-order valence-electron chi connectivity index (χ2n) is 3.43. The molecule has 1 atom stereocenters. The van der Waals surface area contributed by atoms with Crippen LogP contribution >= 0.6 is 9.24 Å². The van der Waals surface area contributed by atoms with Crippen molar-refractivity contribution in [2.75, 3.05) is 6.16 Å². The van der Waals surface area contributed by atoms with Crippen molar-refractivity contribution in [3.05, 3.63) is 23.8 Å². The number of aryl methyl sites for hydroxylation is 1. The molecule has 1 aromatic heterocycles. The van der Waals surface area contributed by atoms with Crippen molar-refractivity contribution in [3.63, 3.8) is 0 Å². The number of fused-ring (bicyclic) bond motifs is 1. The minimum Gasteiger partial charge on any atom is -0.258 e. The Morgan fingerprint density at radius 3 is 2.73 bits per heavy atom. The summed E-state index contributed by atoms with van der Waals surface area (Å²) in [6.45, 7) is 4.22. The summed E-state index contributed by atoms with van der Waals surface area (Å²) in [5.41, 5.74) is 3.12. The number of nitrogens with one attached hydrogen (secondary N) is 1. The van der Waals surface area contributed by atoms with Crippen LogP contribution in [0.1, 0.15) is 25.3 Å². The Morgan fingerprint density at radius 2 is 2.20 bits per heavy atom. The van der Waals surface area contributed by atoms with E-state index in [-0.39, 0.29) is 0 Å². The number of unbranched alkanes of at least 4 members (excludes halogenated alkanes) is 1. The zero-order valence-corrected chi connectivity index (χ0v) is 10.5. The highest BCUT2D eigenvalue weighted by Crippen LogP contribution is 2.10. The van der Waals surface area contributed by atoms with Gasteiger partial charge in [-0.3, -0.25) is 5.10 Å². The fraction of sp³-hybridized carbons (Fsp3) is 0.455. The molecule has 82 valence electrons. The number of aromatic nitrogens is 3. The SMILES string of the molecule is CCCCP.Cc1cccc2[nH]nnc12. The molecule has 0 aliphatic rings. The number of hydrogen-bond acceptors (Lipinski definition) is 2. The van der Waals surface area contributed by atoms with E-state index in [0.29, 0.717) is 0 Å². The van der Waals surface area contributed by atoms with E-state index in [4.69, 9.17) is 0 Å². The third kappa shape index (κ3) is 3.60. The summed E-state index contributed by atoms with van der Waals surface area (Å²) in [6, 6.07) is 5.96. The van der Waals surface area contributed by atoms with Crippen molar-refractivity contribution < 1.29 is 0 Å². The Kier molecular flexibility index (Phi) is 5.27. The maximum Gasteiger partial charge on any atom is 0.115 e. The first-order valence-electron chi connectivity index (χ1n) is 5.26. The maximum absolute atomic E-state index is 3.91. The van der Waals surface area contributed by atoms with Crippen LogP contribution in [0.25, 0.3) is 11.0 Å². The van der Waals surface area contributed by atoms with Crippen molar-refractivity contribution in [3.8, 4) is 0 Å². The normalized spacial score (nSPS) is 9.80. The summed E-state index contributed by atoms with van der Waals surface area (Å²) in [7, 11) is 2.70. The van der Waals surface area contributed by atoms with Gasteiger partial charge in [0.05, 0.1) is 5.52 Å². The van der Waals surface area contributed by atoms with Gasteiger partial charge in [0.25, 0.3) is 0 Å². The lowest BCUT2D eigenvalue weighted by molar-refractivity contribution is 0.897. The fourth-order valence-corrected chi connectivity index (χ4v) is 1.62. The van der Waals surface area contributed by atoms with E-state index in [1.165, 1.54) is 19.0 Å². The number of rotatable bonds is 2. The molecule has 4 heteroatoms. The van der Waals surface area contributed by atoms with Crippen LogP contribution in [-0.4, -0.2) is 21.6 Å². The van der Waals surface area contributed by atoms with E-state index in [1.807, 2.05) is 25.1 Å². The first-order valence-corrected chi connectivity index (χ1v) is 6.07. The molecule has 1 N–H and O–H groups in total. The molecule has 0 saturated heterocycles. The van der Waals surface area contributed by atoms with Crippen molar-refractivity contribution in [2.45, 2.75) is 26.7 Å². The van der Waals surface area contributed by atoms with E-state index >= 15 is 0 Å². The van der Waals surface area contributed by atoms with Gasteiger partial charge in [-0.15, -0.1) is 14.3 Å². The molecule has 0 aliphatic heterocycles. The van der Waals surface area contributed by atoms with Crippen LogP contribution in [0.15, 0.2) is 18.2 Å². The van der Waals surface area contributed by atoms with Gasteiger partial charge in [-0.1, -0.05) is 37.1 Å². The summed E-state index contributed by atoms with van der Waals surface area (Å²) >= 11 is 0. The lowest BCUT2D eigenvalue weighted by Gasteiger charge is -1.88. The molecule has 1 aromatic carbocycles. The molecule has 0 aliphatic carbocycles. The number of aromatic amines is 1. The van der Waals surface area contributed by atoms with Crippen LogP contribution < -0.4 is 0 Å². The Hall–Kier alpha value is -0.950. The Balaban J connectivity index is 0.000000195. The Morgan fingerprint density at radius 1 is 1.40 bits per heavy atom. The van der Waals surface area contributed by atoms with Gasteiger partial charge < -0.3 is 0 Å². The smallest absolute Gasteiger partial charge is 0.115 e. The van der Waals surface area contributed by atoms with Crippen LogP contribution in [0, 0.1) is 6.92 Å².